The number of aryl methyl sites for hydroxylation is 1. The molecule has 9 heteroatoms. The van der Waals surface area contributed by atoms with E-state index in [-0.39, 0.29) is 52.3 Å². The minimum atomic E-state index is -0.656. The number of halogens is 1. The number of fused-ring (bicyclic) bond motifs is 3. The predicted octanol–water partition coefficient (Wildman–Crippen LogP) is 1.36. The molecule has 3 N–H and O–H groups in total. The van der Waals surface area contributed by atoms with E-state index in [4.69, 9.17) is 24.4 Å². The van der Waals surface area contributed by atoms with Gasteiger partial charge in [0.05, 0.1) is 17.2 Å². The summed E-state index contributed by atoms with van der Waals surface area (Å²) in [4.78, 5) is 26.6. The van der Waals surface area contributed by atoms with E-state index in [1.54, 1.807) is 12.1 Å². The molecular weight excluding hydrogens is 416 g/mol. The van der Waals surface area contributed by atoms with E-state index in [1.807, 2.05) is 0 Å². The topological polar surface area (TPSA) is 123 Å². The quantitative estimate of drug-likeness (QED) is 0.495. The number of hydrogen-bond acceptors (Lipinski definition) is 8. The first kappa shape index (κ1) is 22.2. The number of hydrogen-bond donors (Lipinski definition) is 3. The number of ketones is 2. The SMILES string of the molecule is Cl.O=C1c2cc3c(c(OCO)c2C(=O)c2cccc(OCO)c21)CC(OCO)CC3. The molecule has 8 nitrogen and oxygen atoms in total. The Morgan fingerprint density at radius 1 is 0.933 bits per heavy atom. The molecule has 0 aromatic heterocycles. The second kappa shape index (κ2) is 9.11. The van der Waals surface area contributed by atoms with Crippen LogP contribution in [0.1, 0.15) is 49.4 Å². The van der Waals surface area contributed by atoms with E-state index in [0.717, 1.165) is 5.56 Å². The van der Waals surface area contributed by atoms with Gasteiger partial charge >= 0.3 is 0 Å². The van der Waals surface area contributed by atoms with Crippen LogP contribution in [0.25, 0.3) is 0 Å². The third-order valence-corrected chi connectivity index (χ3v) is 5.35. The lowest BCUT2D eigenvalue weighted by atomic mass is 9.78. The van der Waals surface area contributed by atoms with Gasteiger partial charge in [0.25, 0.3) is 0 Å². The van der Waals surface area contributed by atoms with Crippen LogP contribution in [0.4, 0.5) is 0 Å². The Morgan fingerprint density at radius 3 is 2.37 bits per heavy atom. The van der Waals surface area contributed by atoms with Crippen LogP contribution in [0.2, 0.25) is 0 Å². The molecule has 1 atom stereocenters. The van der Waals surface area contributed by atoms with Crippen molar-refractivity contribution in [1.29, 1.82) is 0 Å². The van der Waals surface area contributed by atoms with Crippen molar-refractivity contribution in [3.63, 3.8) is 0 Å². The molecule has 0 aliphatic heterocycles. The molecule has 0 spiro atoms. The molecular formula is C21H21ClO8. The van der Waals surface area contributed by atoms with Gasteiger partial charge in [-0.25, -0.2) is 0 Å². The van der Waals surface area contributed by atoms with E-state index < -0.39 is 31.9 Å². The van der Waals surface area contributed by atoms with Crippen molar-refractivity contribution in [2.45, 2.75) is 25.4 Å². The molecule has 2 aromatic carbocycles. The Hall–Kier alpha value is -2.49. The average molecular weight is 437 g/mol. The van der Waals surface area contributed by atoms with Gasteiger partial charge in [0, 0.05) is 23.1 Å². The third kappa shape index (κ3) is 3.57. The van der Waals surface area contributed by atoms with E-state index in [9.17, 15) is 14.7 Å². The maximum atomic E-state index is 13.3. The van der Waals surface area contributed by atoms with E-state index in [2.05, 4.69) is 0 Å². The second-order valence-corrected chi connectivity index (χ2v) is 6.81. The fourth-order valence-electron chi connectivity index (χ4n) is 4.14. The number of carbonyl (C=O) groups excluding carboxylic acids is 2. The van der Waals surface area contributed by atoms with Crippen LogP contribution in [-0.4, -0.2) is 53.4 Å². The lowest BCUT2D eigenvalue weighted by molar-refractivity contribution is -0.0545. The molecule has 30 heavy (non-hydrogen) atoms. The van der Waals surface area contributed by atoms with Crippen LogP contribution in [0, 0.1) is 0 Å². The number of aliphatic hydroxyl groups excluding tert-OH is 3. The van der Waals surface area contributed by atoms with Gasteiger partial charge in [-0.2, -0.15) is 0 Å². The lowest BCUT2D eigenvalue weighted by Gasteiger charge is -2.30. The monoisotopic (exact) mass is 436 g/mol. The maximum Gasteiger partial charge on any atom is 0.198 e. The first-order chi connectivity index (χ1) is 14.1. The highest BCUT2D eigenvalue weighted by atomic mass is 35.5. The van der Waals surface area contributed by atoms with Crippen LogP contribution in [-0.2, 0) is 17.6 Å². The third-order valence-electron chi connectivity index (χ3n) is 5.35. The standard InChI is InChI=1S/C21H20O8.ClH/c22-8-27-12-5-4-11-6-15-18(21(29-10-24)14(11)7-12)19(25)13-2-1-3-16(28-9-23)17(13)20(15)26;/h1-3,6,12,22-24H,4-5,7-10H2;1H. The normalized spacial score (nSPS) is 16.8. The molecule has 0 heterocycles. The molecule has 0 saturated carbocycles. The largest absolute Gasteiger partial charge is 0.467 e. The minimum absolute atomic E-state index is 0. The molecule has 160 valence electrons. The average Bonchev–Trinajstić information content (AvgIpc) is 2.72. The van der Waals surface area contributed by atoms with Crippen molar-refractivity contribution < 1.29 is 39.1 Å². The van der Waals surface area contributed by atoms with Crippen LogP contribution >= 0.6 is 12.4 Å². The summed E-state index contributed by atoms with van der Waals surface area (Å²) in [5.74, 6) is -0.524. The van der Waals surface area contributed by atoms with Gasteiger partial charge in [0.2, 0.25) is 0 Å². The van der Waals surface area contributed by atoms with E-state index in [1.165, 1.54) is 12.1 Å². The van der Waals surface area contributed by atoms with Crippen molar-refractivity contribution >= 4 is 24.0 Å². The van der Waals surface area contributed by atoms with Crippen molar-refractivity contribution in [3.8, 4) is 11.5 Å². The summed E-state index contributed by atoms with van der Waals surface area (Å²) in [5, 5.41) is 27.6. The lowest BCUT2D eigenvalue weighted by Crippen LogP contribution is -2.28. The molecule has 4 rings (SSSR count). The van der Waals surface area contributed by atoms with E-state index >= 15 is 0 Å². The molecule has 2 aliphatic rings. The van der Waals surface area contributed by atoms with Crippen molar-refractivity contribution in [3.05, 3.63) is 57.6 Å². The van der Waals surface area contributed by atoms with Crippen LogP contribution in [0.15, 0.2) is 24.3 Å². The number of rotatable bonds is 6. The Kier molecular flexibility index (Phi) is 6.74. The summed E-state index contributed by atoms with van der Waals surface area (Å²) in [6.07, 6.45) is 1.35. The molecule has 2 aliphatic carbocycles. The predicted molar refractivity (Wildman–Crippen MR) is 106 cm³/mol. The van der Waals surface area contributed by atoms with Gasteiger partial charge in [0.15, 0.2) is 25.2 Å². The summed E-state index contributed by atoms with van der Waals surface area (Å²) in [5.41, 5.74) is 2.05. The molecule has 0 bridgehead atoms. The van der Waals surface area contributed by atoms with Gasteiger partial charge < -0.3 is 29.5 Å². The van der Waals surface area contributed by atoms with Gasteiger partial charge in [-0.3, -0.25) is 9.59 Å². The molecule has 2 aromatic rings. The van der Waals surface area contributed by atoms with E-state index in [0.29, 0.717) is 24.8 Å². The highest BCUT2D eigenvalue weighted by Gasteiger charge is 2.38. The Bertz CT molecular complexity index is 987. The molecule has 1 unspecified atom stereocenters. The summed E-state index contributed by atoms with van der Waals surface area (Å²) in [7, 11) is 0. The van der Waals surface area contributed by atoms with Crippen molar-refractivity contribution in [1.82, 2.24) is 0 Å². The highest BCUT2D eigenvalue weighted by molar-refractivity contribution is 6.30. The van der Waals surface area contributed by atoms with Crippen LogP contribution < -0.4 is 9.47 Å². The number of benzene rings is 2. The van der Waals surface area contributed by atoms with Gasteiger partial charge in [-0.15, -0.1) is 12.4 Å². The fraction of sp³-hybridized carbons (Fsp3) is 0.333. The van der Waals surface area contributed by atoms with Gasteiger partial charge in [-0.05, 0) is 30.5 Å². The van der Waals surface area contributed by atoms with Crippen LogP contribution in [0.5, 0.6) is 11.5 Å². The van der Waals surface area contributed by atoms with Crippen molar-refractivity contribution in [2.24, 2.45) is 0 Å². The molecule has 0 fully saturated rings. The second-order valence-electron chi connectivity index (χ2n) is 6.81. The molecule has 0 radical (unpaired) electrons. The first-order valence-corrected chi connectivity index (χ1v) is 9.21. The highest BCUT2D eigenvalue weighted by Crippen LogP contribution is 2.42. The smallest absolute Gasteiger partial charge is 0.198 e. The number of ether oxygens (including phenoxy) is 3. The summed E-state index contributed by atoms with van der Waals surface area (Å²) >= 11 is 0. The summed E-state index contributed by atoms with van der Waals surface area (Å²) in [6.45, 7) is -1.70. The zero-order valence-electron chi connectivity index (χ0n) is 15.9. The number of carbonyl (C=O) groups is 2. The summed E-state index contributed by atoms with van der Waals surface area (Å²) < 4.78 is 15.9. The van der Waals surface area contributed by atoms with Gasteiger partial charge in [0.1, 0.15) is 18.3 Å². The molecule has 0 amide bonds. The molecule has 0 saturated heterocycles. The maximum absolute atomic E-state index is 13.3. The Labute approximate surface area is 178 Å². The van der Waals surface area contributed by atoms with Crippen LogP contribution in [0.3, 0.4) is 0 Å². The fourth-order valence-corrected chi connectivity index (χ4v) is 4.14. The summed E-state index contributed by atoms with van der Waals surface area (Å²) in [6, 6.07) is 6.28. The number of aliphatic hydroxyl groups is 3. The zero-order chi connectivity index (χ0) is 20.5. The minimum Gasteiger partial charge on any atom is -0.467 e. The van der Waals surface area contributed by atoms with Crippen molar-refractivity contribution in [2.75, 3.05) is 20.4 Å². The van der Waals surface area contributed by atoms with Gasteiger partial charge in [-0.1, -0.05) is 12.1 Å². The Morgan fingerprint density at radius 2 is 1.67 bits per heavy atom. The zero-order valence-corrected chi connectivity index (χ0v) is 16.7. The first-order valence-electron chi connectivity index (χ1n) is 9.21. The Balaban J connectivity index is 0.00000256.